The zero-order chi connectivity index (χ0) is 11.5. The minimum absolute atomic E-state index is 0.000945. The van der Waals surface area contributed by atoms with Crippen molar-refractivity contribution in [1.29, 1.82) is 0 Å². The average molecular weight is 218 g/mol. The molecule has 1 aliphatic heterocycles. The Hall–Kier alpha value is -1.71. The first-order chi connectivity index (χ1) is 7.70. The molecule has 0 atom stereocenters. The molecule has 2 heterocycles. The molecule has 0 spiro atoms. The van der Waals surface area contributed by atoms with Crippen molar-refractivity contribution in [3.63, 3.8) is 0 Å². The number of likely N-dealkylation sites (tertiary alicyclic amines) is 1. The summed E-state index contributed by atoms with van der Waals surface area (Å²) in [7, 11) is 0. The number of rotatable bonds is 3. The molecule has 1 saturated heterocycles. The van der Waals surface area contributed by atoms with Gasteiger partial charge in [-0.15, -0.1) is 0 Å². The molecule has 2 rings (SSSR count). The first-order valence-corrected chi connectivity index (χ1v) is 5.43. The van der Waals surface area contributed by atoms with E-state index in [0.29, 0.717) is 6.54 Å². The fourth-order valence-electron chi connectivity index (χ4n) is 1.90. The molecule has 0 saturated carbocycles. The number of hydrogen-bond acceptors (Lipinski definition) is 3. The van der Waals surface area contributed by atoms with E-state index in [2.05, 4.69) is 11.9 Å². The number of aromatic nitrogens is 1. The lowest BCUT2D eigenvalue weighted by molar-refractivity contribution is -0.128. The molecule has 16 heavy (non-hydrogen) atoms. The molecule has 0 aliphatic carbocycles. The van der Waals surface area contributed by atoms with Gasteiger partial charge in [0.2, 0.25) is 5.91 Å². The van der Waals surface area contributed by atoms with Gasteiger partial charge in [0, 0.05) is 6.20 Å². The average Bonchev–Trinajstić information content (AvgIpc) is 2.58. The van der Waals surface area contributed by atoms with Crippen molar-refractivity contribution in [2.24, 2.45) is 0 Å². The molecule has 4 nitrogen and oxygen atoms in total. The Balaban J connectivity index is 2.14. The van der Waals surface area contributed by atoms with Crippen LogP contribution in [0.15, 0.2) is 18.3 Å². The van der Waals surface area contributed by atoms with Crippen LogP contribution in [0.2, 0.25) is 0 Å². The van der Waals surface area contributed by atoms with Gasteiger partial charge in [-0.2, -0.15) is 0 Å². The van der Waals surface area contributed by atoms with E-state index >= 15 is 0 Å². The number of nitrogens with zero attached hydrogens (tertiary/aromatic N) is 2. The monoisotopic (exact) mass is 218 g/mol. The molecule has 1 aromatic heterocycles. The third kappa shape index (κ3) is 2.10. The van der Waals surface area contributed by atoms with E-state index in [0.717, 1.165) is 17.7 Å². The van der Waals surface area contributed by atoms with Gasteiger partial charge in [-0.25, -0.2) is 0 Å². The van der Waals surface area contributed by atoms with Crippen LogP contribution in [-0.4, -0.2) is 28.1 Å². The molecule has 0 aromatic carbocycles. The van der Waals surface area contributed by atoms with Gasteiger partial charge in [-0.1, -0.05) is 13.0 Å². The van der Waals surface area contributed by atoms with E-state index in [1.807, 2.05) is 12.1 Å². The standard InChI is InChI=1S/C12H14N2O2/c1-2-9-4-3-5-13-11(9)8-14-7-10(15)6-12(14)16/h3-5H,2,6-8H2,1H3. The molecule has 0 N–H and O–H groups in total. The summed E-state index contributed by atoms with van der Waals surface area (Å²) in [6.07, 6.45) is 2.66. The van der Waals surface area contributed by atoms with Crippen molar-refractivity contribution in [2.75, 3.05) is 6.54 Å². The second kappa shape index (κ2) is 4.43. The summed E-state index contributed by atoms with van der Waals surface area (Å²) in [5.74, 6) is -0.0864. The summed E-state index contributed by atoms with van der Waals surface area (Å²) in [4.78, 5) is 28.4. The molecule has 0 bridgehead atoms. The molecular weight excluding hydrogens is 204 g/mol. The maximum Gasteiger partial charge on any atom is 0.230 e. The molecule has 1 fully saturated rings. The lowest BCUT2D eigenvalue weighted by Crippen LogP contribution is -2.25. The number of pyridine rings is 1. The minimum Gasteiger partial charge on any atom is -0.329 e. The number of aryl methyl sites for hydroxylation is 1. The smallest absolute Gasteiger partial charge is 0.230 e. The van der Waals surface area contributed by atoms with Crippen molar-refractivity contribution in [1.82, 2.24) is 9.88 Å². The third-order valence-electron chi connectivity index (χ3n) is 2.77. The third-order valence-corrected chi connectivity index (χ3v) is 2.77. The molecule has 1 aliphatic rings. The number of amides is 1. The molecule has 0 unspecified atom stereocenters. The Morgan fingerprint density at radius 3 is 2.88 bits per heavy atom. The highest BCUT2D eigenvalue weighted by Crippen LogP contribution is 2.14. The topological polar surface area (TPSA) is 50.3 Å². The summed E-state index contributed by atoms with van der Waals surface area (Å²) in [6.45, 7) is 2.74. The number of Topliss-reactive ketones (excluding diaryl/α,β-unsaturated/α-hetero) is 1. The van der Waals surface area contributed by atoms with Gasteiger partial charge in [0.05, 0.1) is 25.2 Å². The fourth-order valence-corrected chi connectivity index (χ4v) is 1.90. The molecule has 1 aromatic rings. The maximum absolute atomic E-state index is 11.5. The van der Waals surface area contributed by atoms with Crippen LogP contribution in [0.1, 0.15) is 24.6 Å². The van der Waals surface area contributed by atoms with Crippen LogP contribution in [0.25, 0.3) is 0 Å². The van der Waals surface area contributed by atoms with Crippen LogP contribution >= 0.6 is 0 Å². The summed E-state index contributed by atoms with van der Waals surface area (Å²) in [5, 5.41) is 0. The maximum atomic E-state index is 11.5. The fraction of sp³-hybridized carbons (Fsp3) is 0.417. The van der Waals surface area contributed by atoms with Gasteiger partial charge in [0.1, 0.15) is 0 Å². The van der Waals surface area contributed by atoms with Gasteiger partial charge >= 0.3 is 0 Å². The van der Waals surface area contributed by atoms with Gasteiger partial charge in [-0.05, 0) is 18.1 Å². The van der Waals surface area contributed by atoms with Crippen molar-refractivity contribution < 1.29 is 9.59 Å². The first-order valence-electron chi connectivity index (χ1n) is 5.43. The Bertz CT molecular complexity index is 429. The summed E-state index contributed by atoms with van der Waals surface area (Å²) in [6, 6.07) is 3.89. The SMILES string of the molecule is CCc1cccnc1CN1CC(=O)CC1=O. The van der Waals surface area contributed by atoms with Crippen molar-refractivity contribution in [2.45, 2.75) is 26.3 Å². The molecule has 1 amide bonds. The van der Waals surface area contributed by atoms with Crippen LogP contribution in [0, 0.1) is 0 Å². The number of hydrogen-bond donors (Lipinski definition) is 0. The van der Waals surface area contributed by atoms with Crippen molar-refractivity contribution in [3.05, 3.63) is 29.6 Å². The first kappa shape index (κ1) is 10.8. The second-order valence-electron chi connectivity index (χ2n) is 3.93. The van der Waals surface area contributed by atoms with Crippen molar-refractivity contribution >= 4 is 11.7 Å². The van der Waals surface area contributed by atoms with Gasteiger partial charge in [0.15, 0.2) is 5.78 Å². The van der Waals surface area contributed by atoms with Gasteiger partial charge < -0.3 is 4.90 Å². The van der Waals surface area contributed by atoms with E-state index in [4.69, 9.17) is 0 Å². The van der Waals surface area contributed by atoms with E-state index < -0.39 is 0 Å². The minimum atomic E-state index is -0.0855. The van der Waals surface area contributed by atoms with Crippen LogP contribution < -0.4 is 0 Å². The Morgan fingerprint density at radius 2 is 2.25 bits per heavy atom. The largest absolute Gasteiger partial charge is 0.329 e. The number of carbonyl (C=O) groups excluding carboxylic acids is 2. The Kier molecular flexibility index (Phi) is 2.99. The highest BCUT2D eigenvalue weighted by molar-refractivity contribution is 6.05. The van der Waals surface area contributed by atoms with E-state index in [1.165, 1.54) is 0 Å². The quantitative estimate of drug-likeness (QED) is 0.710. The van der Waals surface area contributed by atoms with Crippen LogP contribution in [-0.2, 0) is 22.6 Å². The van der Waals surface area contributed by atoms with Crippen molar-refractivity contribution in [3.8, 4) is 0 Å². The highest BCUT2D eigenvalue weighted by atomic mass is 16.2. The lowest BCUT2D eigenvalue weighted by atomic mass is 10.1. The van der Waals surface area contributed by atoms with E-state index in [9.17, 15) is 9.59 Å². The normalized spacial score (nSPS) is 15.9. The molecule has 4 heteroatoms. The molecule has 84 valence electrons. The van der Waals surface area contributed by atoms with Gasteiger partial charge in [0.25, 0.3) is 0 Å². The van der Waals surface area contributed by atoms with E-state index in [1.54, 1.807) is 11.1 Å². The summed E-state index contributed by atoms with van der Waals surface area (Å²) >= 11 is 0. The zero-order valence-electron chi connectivity index (χ0n) is 9.27. The van der Waals surface area contributed by atoms with Gasteiger partial charge in [-0.3, -0.25) is 14.6 Å². The Labute approximate surface area is 94.3 Å². The number of ketones is 1. The zero-order valence-corrected chi connectivity index (χ0v) is 9.27. The number of carbonyl (C=O) groups is 2. The molecular formula is C12H14N2O2. The van der Waals surface area contributed by atoms with E-state index in [-0.39, 0.29) is 24.7 Å². The van der Waals surface area contributed by atoms with Crippen LogP contribution in [0.4, 0.5) is 0 Å². The predicted octanol–water partition coefficient (Wildman–Crippen LogP) is 0.945. The summed E-state index contributed by atoms with van der Waals surface area (Å²) < 4.78 is 0. The summed E-state index contributed by atoms with van der Waals surface area (Å²) in [5.41, 5.74) is 2.03. The second-order valence-corrected chi connectivity index (χ2v) is 3.93. The predicted molar refractivity (Wildman–Crippen MR) is 58.7 cm³/mol. The van der Waals surface area contributed by atoms with Crippen LogP contribution in [0.3, 0.4) is 0 Å². The highest BCUT2D eigenvalue weighted by Gasteiger charge is 2.27. The lowest BCUT2D eigenvalue weighted by Gasteiger charge is -2.15. The van der Waals surface area contributed by atoms with Crippen LogP contribution in [0.5, 0.6) is 0 Å². The molecule has 0 radical (unpaired) electrons. The Morgan fingerprint density at radius 1 is 1.44 bits per heavy atom.